The standard InChI is InChI=1S/C20H27N3O/c1-4-24-15-20(19-7-5-6-11-21-19)10-12-23(14-20)13-18-9-8-16(2)22-17(18)3/h5-9,11H,4,10,12-15H2,1-3H3. The van der Waals surface area contributed by atoms with Crippen LogP contribution in [0.5, 0.6) is 0 Å². The summed E-state index contributed by atoms with van der Waals surface area (Å²) in [6.45, 7) is 10.7. The zero-order valence-electron chi connectivity index (χ0n) is 15.0. The Morgan fingerprint density at radius 2 is 2.08 bits per heavy atom. The molecule has 0 radical (unpaired) electrons. The highest BCUT2D eigenvalue weighted by Crippen LogP contribution is 2.34. The lowest BCUT2D eigenvalue weighted by molar-refractivity contribution is 0.0911. The van der Waals surface area contributed by atoms with Gasteiger partial charge in [-0.3, -0.25) is 14.9 Å². The van der Waals surface area contributed by atoms with Gasteiger partial charge < -0.3 is 4.74 Å². The second kappa shape index (κ2) is 7.41. The Kier molecular flexibility index (Phi) is 5.27. The van der Waals surface area contributed by atoms with E-state index in [0.29, 0.717) is 0 Å². The molecule has 4 nitrogen and oxygen atoms in total. The molecule has 0 amide bonds. The number of rotatable bonds is 6. The molecule has 0 spiro atoms. The van der Waals surface area contributed by atoms with Crippen LogP contribution < -0.4 is 0 Å². The summed E-state index contributed by atoms with van der Waals surface area (Å²) in [5.41, 5.74) is 4.68. The predicted octanol–water partition coefficient (Wildman–Crippen LogP) is 3.27. The van der Waals surface area contributed by atoms with Crippen molar-refractivity contribution in [3.63, 3.8) is 0 Å². The maximum absolute atomic E-state index is 5.83. The normalized spacial score (nSPS) is 21.3. The van der Waals surface area contributed by atoms with Gasteiger partial charge in [-0.05, 0) is 57.5 Å². The highest BCUT2D eigenvalue weighted by Gasteiger charge is 2.41. The number of aryl methyl sites for hydroxylation is 2. The molecule has 0 aliphatic carbocycles. The average Bonchev–Trinajstić information content (AvgIpc) is 3.01. The first-order valence-electron chi connectivity index (χ1n) is 8.78. The van der Waals surface area contributed by atoms with Gasteiger partial charge in [0.15, 0.2) is 0 Å². The molecule has 128 valence electrons. The third-order valence-corrected chi connectivity index (χ3v) is 4.95. The van der Waals surface area contributed by atoms with E-state index in [1.807, 2.05) is 19.2 Å². The van der Waals surface area contributed by atoms with Gasteiger partial charge in [-0.1, -0.05) is 12.1 Å². The number of likely N-dealkylation sites (tertiary alicyclic amines) is 1. The van der Waals surface area contributed by atoms with E-state index in [1.165, 1.54) is 5.56 Å². The summed E-state index contributed by atoms with van der Waals surface area (Å²) >= 11 is 0. The number of hydrogen-bond acceptors (Lipinski definition) is 4. The van der Waals surface area contributed by atoms with E-state index in [-0.39, 0.29) is 5.41 Å². The van der Waals surface area contributed by atoms with Crippen LogP contribution in [0.4, 0.5) is 0 Å². The SMILES string of the molecule is CCOCC1(c2ccccn2)CCN(Cc2ccc(C)nc2C)C1. The average molecular weight is 325 g/mol. The van der Waals surface area contributed by atoms with Crippen LogP contribution >= 0.6 is 0 Å². The van der Waals surface area contributed by atoms with Crippen molar-refractivity contribution in [2.75, 3.05) is 26.3 Å². The Balaban J connectivity index is 1.77. The van der Waals surface area contributed by atoms with Crippen molar-refractivity contribution in [1.82, 2.24) is 14.9 Å². The smallest absolute Gasteiger partial charge is 0.0590 e. The fraction of sp³-hybridized carbons (Fsp3) is 0.500. The van der Waals surface area contributed by atoms with E-state index in [0.717, 1.165) is 56.4 Å². The summed E-state index contributed by atoms with van der Waals surface area (Å²) in [7, 11) is 0. The molecule has 3 heterocycles. The Bertz CT molecular complexity index is 674. The van der Waals surface area contributed by atoms with Gasteiger partial charge in [0.05, 0.1) is 12.3 Å². The number of hydrogen-bond donors (Lipinski definition) is 0. The van der Waals surface area contributed by atoms with Gasteiger partial charge in [0.2, 0.25) is 0 Å². The summed E-state index contributed by atoms with van der Waals surface area (Å²) in [5.74, 6) is 0. The number of nitrogens with zero attached hydrogens (tertiary/aromatic N) is 3. The molecule has 1 atom stereocenters. The molecule has 1 aliphatic rings. The quantitative estimate of drug-likeness (QED) is 0.817. The Labute approximate surface area is 144 Å². The van der Waals surface area contributed by atoms with E-state index < -0.39 is 0 Å². The molecule has 1 fully saturated rings. The van der Waals surface area contributed by atoms with Gasteiger partial charge >= 0.3 is 0 Å². The maximum Gasteiger partial charge on any atom is 0.0590 e. The van der Waals surface area contributed by atoms with E-state index in [4.69, 9.17) is 4.74 Å². The summed E-state index contributed by atoms with van der Waals surface area (Å²) in [5, 5.41) is 0. The van der Waals surface area contributed by atoms with Crippen molar-refractivity contribution in [3.05, 3.63) is 59.2 Å². The van der Waals surface area contributed by atoms with Crippen LogP contribution in [0.15, 0.2) is 36.5 Å². The molecular weight excluding hydrogens is 298 g/mol. The van der Waals surface area contributed by atoms with E-state index in [2.05, 4.69) is 53.0 Å². The monoisotopic (exact) mass is 325 g/mol. The Morgan fingerprint density at radius 3 is 2.79 bits per heavy atom. The lowest BCUT2D eigenvalue weighted by Gasteiger charge is -2.29. The predicted molar refractivity (Wildman–Crippen MR) is 96.0 cm³/mol. The molecule has 4 heteroatoms. The summed E-state index contributed by atoms with van der Waals surface area (Å²) < 4.78 is 5.83. The summed E-state index contributed by atoms with van der Waals surface area (Å²) in [4.78, 5) is 11.7. The second-order valence-electron chi connectivity index (χ2n) is 6.79. The van der Waals surface area contributed by atoms with Crippen molar-refractivity contribution < 1.29 is 4.74 Å². The maximum atomic E-state index is 5.83. The number of ether oxygens (including phenoxy) is 1. The largest absolute Gasteiger partial charge is 0.381 e. The van der Waals surface area contributed by atoms with E-state index >= 15 is 0 Å². The molecule has 3 rings (SSSR count). The fourth-order valence-corrected chi connectivity index (χ4v) is 3.59. The highest BCUT2D eigenvalue weighted by atomic mass is 16.5. The molecule has 0 N–H and O–H groups in total. The van der Waals surface area contributed by atoms with Crippen LogP contribution in [0, 0.1) is 13.8 Å². The third kappa shape index (κ3) is 3.65. The molecule has 0 bridgehead atoms. The van der Waals surface area contributed by atoms with Crippen LogP contribution in [0.3, 0.4) is 0 Å². The van der Waals surface area contributed by atoms with Gasteiger partial charge in [-0.2, -0.15) is 0 Å². The topological polar surface area (TPSA) is 38.2 Å². The second-order valence-corrected chi connectivity index (χ2v) is 6.79. The first-order valence-corrected chi connectivity index (χ1v) is 8.78. The molecule has 2 aromatic rings. The van der Waals surface area contributed by atoms with E-state index in [9.17, 15) is 0 Å². The lowest BCUT2D eigenvalue weighted by Crippen LogP contribution is -2.36. The summed E-state index contributed by atoms with van der Waals surface area (Å²) in [6.07, 6.45) is 2.97. The molecule has 1 aliphatic heterocycles. The van der Waals surface area contributed by atoms with Gasteiger partial charge in [0, 0.05) is 42.7 Å². The van der Waals surface area contributed by atoms with Crippen LogP contribution in [-0.2, 0) is 16.7 Å². The molecule has 24 heavy (non-hydrogen) atoms. The highest BCUT2D eigenvalue weighted by molar-refractivity contribution is 5.24. The summed E-state index contributed by atoms with van der Waals surface area (Å²) in [6, 6.07) is 10.5. The molecule has 0 saturated carbocycles. The molecule has 0 aromatic carbocycles. The van der Waals surface area contributed by atoms with Crippen molar-refractivity contribution in [2.45, 2.75) is 39.2 Å². The first-order chi connectivity index (χ1) is 11.6. The third-order valence-electron chi connectivity index (χ3n) is 4.95. The number of pyridine rings is 2. The molecule has 1 saturated heterocycles. The van der Waals surface area contributed by atoms with E-state index in [1.54, 1.807) is 0 Å². The Hall–Kier alpha value is -1.78. The van der Waals surface area contributed by atoms with Gasteiger partial charge in [0.1, 0.15) is 0 Å². The van der Waals surface area contributed by atoms with Gasteiger partial charge in [-0.25, -0.2) is 0 Å². The van der Waals surface area contributed by atoms with Crippen LogP contribution in [0.1, 0.15) is 36.0 Å². The molecular formula is C20H27N3O. The van der Waals surface area contributed by atoms with Crippen molar-refractivity contribution in [3.8, 4) is 0 Å². The minimum atomic E-state index is 0.00327. The number of aromatic nitrogens is 2. The molecule has 1 unspecified atom stereocenters. The van der Waals surface area contributed by atoms with Gasteiger partial charge in [-0.15, -0.1) is 0 Å². The Morgan fingerprint density at radius 1 is 1.21 bits per heavy atom. The van der Waals surface area contributed by atoms with Crippen LogP contribution in [0.25, 0.3) is 0 Å². The van der Waals surface area contributed by atoms with Gasteiger partial charge in [0.25, 0.3) is 0 Å². The minimum absolute atomic E-state index is 0.00327. The van der Waals surface area contributed by atoms with Crippen molar-refractivity contribution in [1.29, 1.82) is 0 Å². The van der Waals surface area contributed by atoms with Crippen LogP contribution in [-0.4, -0.2) is 41.2 Å². The van der Waals surface area contributed by atoms with Crippen molar-refractivity contribution in [2.24, 2.45) is 0 Å². The minimum Gasteiger partial charge on any atom is -0.381 e. The lowest BCUT2D eigenvalue weighted by atomic mass is 9.84. The van der Waals surface area contributed by atoms with Crippen molar-refractivity contribution >= 4 is 0 Å². The first kappa shape index (κ1) is 17.1. The van der Waals surface area contributed by atoms with Crippen LogP contribution in [0.2, 0.25) is 0 Å². The fourth-order valence-electron chi connectivity index (χ4n) is 3.59. The zero-order chi connectivity index (χ0) is 17.0. The molecule has 2 aromatic heterocycles. The zero-order valence-corrected chi connectivity index (χ0v) is 15.0.